The Kier molecular flexibility index (Phi) is 11.7. The van der Waals surface area contributed by atoms with E-state index >= 15 is 0 Å². The first kappa shape index (κ1) is 35.8. The van der Waals surface area contributed by atoms with E-state index in [1.807, 2.05) is 4.90 Å². The summed E-state index contributed by atoms with van der Waals surface area (Å²) in [5, 5.41) is 19.1. The largest absolute Gasteiger partial charge is 0.478 e. The molecule has 0 aliphatic carbocycles. The predicted molar refractivity (Wildman–Crippen MR) is 154 cm³/mol. The topological polar surface area (TPSA) is 136 Å². The third-order valence-electron chi connectivity index (χ3n) is 6.32. The number of halogens is 7. The van der Waals surface area contributed by atoms with Gasteiger partial charge >= 0.3 is 24.3 Å². The molecule has 2 heterocycles. The molecule has 1 aliphatic heterocycles. The molecule has 0 saturated carbocycles. The summed E-state index contributed by atoms with van der Waals surface area (Å²) >= 11 is 6.38. The highest BCUT2D eigenvalue weighted by atomic mass is 35.5. The average Bonchev–Trinajstić information content (AvgIpc) is 2.99. The van der Waals surface area contributed by atoms with Crippen molar-refractivity contribution in [1.82, 2.24) is 20.2 Å². The van der Waals surface area contributed by atoms with Gasteiger partial charge in [0.1, 0.15) is 0 Å². The van der Waals surface area contributed by atoms with E-state index in [1.54, 1.807) is 24.3 Å². The Morgan fingerprint density at radius 1 is 0.957 bits per heavy atom. The minimum absolute atomic E-state index is 0.00232. The third-order valence-corrected chi connectivity index (χ3v) is 6.65. The number of alkyl halides is 6. The summed E-state index contributed by atoms with van der Waals surface area (Å²) in [6, 6.07) is 7.91. The van der Waals surface area contributed by atoms with Crippen LogP contribution in [0.25, 0.3) is 11.3 Å². The first-order valence-electron chi connectivity index (χ1n) is 13.2. The second-order valence-corrected chi connectivity index (χ2v) is 10.1. The number of hydrogen-bond acceptors (Lipinski definition) is 7. The number of carbonyl (C=O) groups excluding carboxylic acids is 1. The lowest BCUT2D eigenvalue weighted by molar-refractivity contribution is -0.143. The molecule has 0 radical (unpaired) electrons. The summed E-state index contributed by atoms with van der Waals surface area (Å²) in [7, 11) is 1.27. The standard InChI is InChI=1S/C25H22ClF6N5O.C4H4O4/c1-36(14-15-10-16(24(27,28)29)12-17(11-15)25(30,31)32)22(38)19-13-34-23(37-8-6-33-7-9-37)35-21(19)18-4-2-3-5-20(18)26;5-3(6)1-2-4(7)8/h2-5,10-13,33H,6-9,14H2,1H3;1-2H,(H,5,6)(H,7,8)/b;2-1+. The van der Waals surface area contributed by atoms with Crippen LogP contribution in [-0.2, 0) is 28.5 Å². The number of nitrogens with one attached hydrogen (secondary N) is 1. The summed E-state index contributed by atoms with van der Waals surface area (Å²) < 4.78 is 79.7. The Morgan fingerprint density at radius 2 is 1.50 bits per heavy atom. The number of benzene rings is 2. The van der Waals surface area contributed by atoms with Gasteiger partial charge in [-0.3, -0.25) is 4.79 Å². The summed E-state index contributed by atoms with van der Waals surface area (Å²) in [5.41, 5.74) is -2.60. The molecule has 0 atom stereocenters. The van der Waals surface area contributed by atoms with E-state index < -0.39 is 47.9 Å². The van der Waals surface area contributed by atoms with E-state index in [1.165, 1.54) is 13.2 Å². The molecular weight excluding hydrogens is 648 g/mol. The van der Waals surface area contributed by atoms with Crippen molar-refractivity contribution in [2.45, 2.75) is 18.9 Å². The third kappa shape index (κ3) is 9.90. The zero-order valence-electron chi connectivity index (χ0n) is 23.9. The molecule has 0 bridgehead atoms. The van der Waals surface area contributed by atoms with Crippen molar-refractivity contribution in [2.75, 3.05) is 38.1 Å². The number of aliphatic carboxylic acids is 2. The van der Waals surface area contributed by atoms with Crippen LogP contribution in [-0.4, -0.2) is 76.2 Å². The minimum Gasteiger partial charge on any atom is -0.478 e. The van der Waals surface area contributed by atoms with Crippen LogP contribution in [0.1, 0.15) is 27.0 Å². The average molecular weight is 674 g/mol. The number of amides is 1. The Morgan fingerprint density at radius 3 is 2.00 bits per heavy atom. The van der Waals surface area contributed by atoms with Gasteiger partial charge in [0.25, 0.3) is 5.91 Å². The molecule has 1 saturated heterocycles. The quantitative estimate of drug-likeness (QED) is 0.228. The highest BCUT2D eigenvalue weighted by molar-refractivity contribution is 6.33. The number of carboxylic acid groups (broad SMARTS) is 2. The van der Waals surface area contributed by atoms with Crippen molar-refractivity contribution in [2.24, 2.45) is 0 Å². The number of aromatic nitrogens is 2. The van der Waals surface area contributed by atoms with Crippen molar-refractivity contribution in [3.05, 3.63) is 88.1 Å². The van der Waals surface area contributed by atoms with Crippen molar-refractivity contribution < 1.29 is 50.9 Å². The minimum atomic E-state index is -5.00. The fourth-order valence-corrected chi connectivity index (χ4v) is 4.43. The van der Waals surface area contributed by atoms with E-state index in [0.717, 1.165) is 4.90 Å². The number of anilines is 1. The number of piperazine rings is 1. The molecule has 0 spiro atoms. The predicted octanol–water partition coefficient (Wildman–Crippen LogP) is 5.23. The molecule has 10 nitrogen and oxygen atoms in total. The van der Waals surface area contributed by atoms with Crippen molar-refractivity contribution in [3.63, 3.8) is 0 Å². The van der Waals surface area contributed by atoms with Gasteiger partial charge in [0.2, 0.25) is 5.95 Å². The summed E-state index contributed by atoms with van der Waals surface area (Å²) in [6.07, 6.45) is -7.58. The van der Waals surface area contributed by atoms with Crippen molar-refractivity contribution in [3.8, 4) is 11.3 Å². The molecular formula is C29H26ClF6N5O5. The molecule has 2 aromatic carbocycles. The van der Waals surface area contributed by atoms with Gasteiger partial charge in [-0.1, -0.05) is 29.8 Å². The number of nitrogens with zero attached hydrogens (tertiary/aromatic N) is 4. The second kappa shape index (κ2) is 15.1. The number of carboxylic acids is 2. The lowest BCUT2D eigenvalue weighted by Gasteiger charge is -2.28. The molecule has 4 rings (SSSR count). The SMILES string of the molecule is CN(Cc1cc(C(F)(F)F)cc(C(F)(F)F)c1)C(=O)c1cnc(N2CCNCC2)nc1-c1ccccc1Cl.O=C(O)/C=C/C(=O)O. The monoisotopic (exact) mass is 673 g/mol. The summed E-state index contributed by atoms with van der Waals surface area (Å²) in [4.78, 5) is 44.4. The maximum Gasteiger partial charge on any atom is 0.416 e. The van der Waals surface area contributed by atoms with Gasteiger partial charge in [0.15, 0.2) is 0 Å². The van der Waals surface area contributed by atoms with Gasteiger partial charge in [0.05, 0.1) is 22.4 Å². The zero-order valence-corrected chi connectivity index (χ0v) is 24.6. The van der Waals surface area contributed by atoms with E-state index in [-0.39, 0.29) is 22.9 Å². The van der Waals surface area contributed by atoms with Crippen LogP contribution in [0.2, 0.25) is 5.02 Å². The van der Waals surface area contributed by atoms with Gasteiger partial charge in [0, 0.05) is 68.7 Å². The number of hydrogen-bond donors (Lipinski definition) is 3. The fraction of sp³-hybridized carbons (Fsp3) is 0.276. The summed E-state index contributed by atoms with van der Waals surface area (Å²) in [5.74, 6) is -2.84. The van der Waals surface area contributed by atoms with Gasteiger partial charge in [-0.15, -0.1) is 0 Å². The van der Waals surface area contributed by atoms with Crippen LogP contribution >= 0.6 is 11.6 Å². The zero-order chi connectivity index (χ0) is 34.2. The van der Waals surface area contributed by atoms with Gasteiger partial charge in [-0.25, -0.2) is 19.6 Å². The Bertz CT molecular complexity index is 1560. The lowest BCUT2D eigenvalue weighted by atomic mass is 10.0. The Labute approximate surface area is 262 Å². The summed E-state index contributed by atoms with van der Waals surface area (Å²) in [6.45, 7) is 2.17. The van der Waals surface area contributed by atoms with E-state index in [2.05, 4.69) is 15.3 Å². The van der Waals surface area contributed by atoms with E-state index in [0.29, 0.717) is 67.0 Å². The molecule has 1 aromatic heterocycles. The Balaban J connectivity index is 0.000000637. The van der Waals surface area contributed by atoms with Crippen molar-refractivity contribution >= 4 is 35.4 Å². The van der Waals surface area contributed by atoms with Gasteiger partial charge in [-0.05, 0) is 29.8 Å². The van der Waals surface area contributed by atoms with Gasteiger partial charge in [-0.2, -0.15) is 26.3 Å². The highest BCUT2D eigenvalue weighted by Crippen LogP contribution is 2.37. The molecule has 17 heteroatoms. The highest BCUT2D eigenvalue weighted by Gasteiger charge is 2.37. The molecule has 3 aromatic rings. The normalized spacial score (nSPS) is 13.6. The second-order valence-electron chi connectivity index (χ2n) is 9.73. The van der Waals surface area contributed by atoms with Crippen molar-refractivity contribution in [1.29, 1.82) is 0 Å². The van der Waals surface area contributed by atoms with Gasteiger partial charge < -0.3 is 25.3 Å². The molecule has 3 N–H and O–H groups in total. The maximum atomic E-state index is 13.4. The maximum absolute atomic E-state index is 13.4. The molecule has 1 amide bonds. The molecule has 1 fully saturated rings. The van der Waals surface area contributed by atoms with Crippen LogP contribution in [0.15, 0.2) is 60.8 Å². The Hall–Kier alpha value is -4.70. The first-order valence-corrected chi connectivity index (χ1v) is 13.6. The van der Waals surface area contributed by atoms with E-state index in [9.17, 15) is 40.7 Å². The van der Waals surface area contributed by atoms with E-state index in [4.69, 9.17) is 21.8 Å². The smallest absolute Gasteiger partial charge is 0.416 e. The van der Waals surface area contributed by atoms with Crippen LogP contribution in [0.4, 0.5) is 32.3 Å². The van der Waals surface area contributed by atoms with Crippen LogP contribution in [0, 0.1) is 0 Å². The van der Waals surface area contributed by atoms with Crippen LogP contribution in [0.5, 0.6) is 0 Å². The fourth-order valence-electron chi connectivity index (χ4n) is 4.21. The van der Waals surface area contributed by atoms with Crippen LogP contribution in [0.3, 0.4) is 0 Å². The first-order chi connectivity index (χ1) is 21.5. The number of carbonyl (C=O) groups is 3. The van der Waals surface area contributed by atoms with Crippen LogP contribution < -0.4 is 10.2 Å². The molecule has 0 unspecified atom stereocenters. The molecule has 1 aliphatic rings. The lowest BCUT2D eigenvalue weighted by Crippen LogP contribution is -2.44. The molecule has 46 heavy (non-hydrogen) atoms. The molecule has 246 valence electrons. The number of rotatable bonds is 7.